The van der Waals surface area contributed by atoms with E-state index in [2.05, 4.69) is 32.4 Å². The Morgan fingerprint density at radius 1 is 1.21 bits per heavy atom. The zero-order chi connectivity index (χ0) is 21.0. The summed E-state index contributed by atoms with van der Waals surface area (Å²) in [5.41, 5.74) is -0.404. The van der Waals surface area contributed by atoms with Gasteiger partial charge in [0, 0.05) is 36.6 Å². The van der Waals surface area contributed by atoms with Gasteiger partial charge >= 0.3 is 6.18 Å². The quantitative estimate of drug-likeness (QED) is 0.657. The summed E-state index contributed by atoms with van der Waals surface area (Å²) in [6, 6.07) is 5.09. The van der Waals surface area contributed by atoms with Crippen molar-refractivity contribution in [2.24, 2.45) is 0 Å². The fraction of sp³-hybridized carbons (Fsp3) is 0.500. The predicted molar refractivity (Wildman–Crippen MR) is 105 cm³/mol. The largest absolute Gasteiger partial charge is 0.419 e. The van der Waals surface area contributed by atoms with Crippen molar-refractivity contribution in [2.45, 2.75) is 44.8 Å². The number of hydrogen-bond donors (Lipinski definition) is 2. The van der Waals surface area contributed by atoms with Crippen molar-refractivity contribution in [2.75, 3.05) is 30.4 Å². The van der Waals surface area contributed by atoms with Crippen LogP contribution in [0.3, 0.4) is 0 Å². The van der Waals surface area contributed by atoms with Gasteiger partial charge in [0.25, 0.3) is 0 Å². The van der Waals surface area contributed by atoms with Crippen molar-refractivity contribution >= 4 is 17.5 Å². The van der Waals surface area contributed by atoms with Gasteiger partial charge in [0.1, 0.15) is 11.6 Å². The molecule has 2 heterocycles. The minimum absolute atomic E-state index is 0.0897. The fourth-order valence-electron chi connectivity index (χ4n) is 3.34. The highest BCUT2D eigenvalue weighted by Crippen LogP contribution is 2.33. The first-order valence-electron chi connectivity index (χ1n) is 9.74. The number of nitrogens with zero attached hydrogens (tertiary/aromatic N) is 3. The third kappa shape index (κ3) is 5.35. The predicted octanol–water partition coefficient (Wildman–Crippen LogP) is 4.52. The van der Waals surface area contributed by atoms with Gasteiger partial charge in [-0.2, -0.15) is 18.2 Å². The molecule has 158 valence electrons. The number of unbranched alkanes of at least 4 members (excludes halogenated alkanes) is 1. The molecule has 1 fully saturated rings. The van der Waals surface area contributed by atoms with Crippen molar-refractivity contribution in [1.29, 1.82) is 0 Å². The number of aromatic nitrogens is 2. The highest BCUT2D eigenvalue weighted by molar-refractivity contribution is 5.57. The Morgan fingerprint density at radius 2 is 2.00 bits per heavy atom. The second-order valence-corrected chi connectivity index (χ2v) is 7.18. The average Bonchev–Trinajstić information content (AvgIpc) is 3.16. The van der Waals surface area contributed by atoms with Gasteiger partial charge < -0.3 is 15.5 Å². The van der Waals surface area contributed by atoms with Gasteiger partial charge in [0.15, 0.2) is 0 Å². The molecule has 1 aliphatic rings. The molecular weight excluding hydrogens is 386 g/mol. The number of likely N-dealkylation sites (N-methyl/N-ethyl adjacent to an activating group) is 1. The number of aryl methyl sites for hydroxylation is 1. The van der Waals surface area contributed by atoms with Crippen LogP contribution in [0.1, 0.15) is 37.4 Å². The molecule has 29 heavy (non-hydrogen) atoms. The van der Waals surface area contributed by atoms with Crippen molar-refractivity contribution in [1.82, 2.24) is 15.3 Å². The van der Waals surface area contributed by atoms with Gasteiger partial charge in [0.05, 0.1) is 5.56 Å². The first-order chi connectivity index (χ1) is 13.8. The lowest BCUT2D eigenvalue weighted by Crippen LogP contribution is -2.30. The van der Waals surface area contributed by atoms with Crippen LogP contribution in [-0.4, -0.2) is 36.1 Å². The standard InChI is InChI=1S/C20H25F4N5/c1-3-4-5-13-11-18(29-9-8-15(12-29)25-2)28-19(26-13)27-14-6-7-17(21)16(10-14)20(22,23)24/h6-7,10-11,15,25H,3-5,8-9,12H2,1-2H3,(H,26,27,28). The van der Waals surface area contributed by atoms with Crippen LogP contribution in [0.25, 0.3) is 0 Å². The van der Waals surface area contributed by atoms with E-state index in [1.165, 1.54) is 6.07 Å². The zero-order valence-corrected chi connectivity index (χ0v) is 16.5. The Labute approximate surface area is 167 Å². The van der Waals surface area contributed by atoms with Gasteiger partial charge in [-0.25, -0.2) is 9.37 Å². The SMILES string of the molecule is CCCCc1cc(N2CCC(NC)C2)nc(Nc2ccc(F)c(C(F)(F)F)c2)n1. The number of benzene rings is 1. The van der Waals surface area contributed by atoms with E-state index < -0.39 is 17.6 Å². The number of nitrogens with one attached hydrogen (secondary N) is 2. The number of hydrogen-bond acceptors (Lipinski definition) is 5. The molecule has 1 aromatic heterocycles. The molecule has 0 bridgehead atoms. The van der Waals surface area contributed by atoms with Crippen LogP contribution in [0.2, 0.25) is 0 Å². The minimum Gasteiger partial charge on any atom is -0.355 e. The zero-order valence-electron chi connectivity index (χ0n) is 16.5. The van der Waals surface area contributed by atoms with Crippen molar-refractivity contribution < 1.29 is 17.6 Å². The highest BCUT2D eigenvalue weighted by atomic mass is 19.4. The molecule has 0 spiro atoms. The lowest BCUT2D eigenvalue weighted by molar-refractivity contribution is -0.139. The second-order valence-electron chi connectivity index (χ2n) is 7.18. The van der Waals surface area contributed by atoms with Crippen LogP contribution in [0.4, 0.5) is 35.0 Å². The van der Waals surface area contributed by atoms with E-state index in [4.69, 9.17) is 0 Å². The van der Waals surface area contributed by atoms with E-state index in [0.717, 1.165) is 62.4 Å². The lowest BCUT2D eigenvalue weighted by atomic mass is 10.2. The van der Waals surface area contributed by atoms with E-state index in [-0.39, 0.29) is 11.6 Å². The van der Waals surface area contributed by atoms with E-state index in [1.54, 1.807) is 0 Å². The fourth-order valence-corrected chi connectivity index (χ4v) is 3.34. The molecule has 0 radical (unpaired) electrons. The van der Waals surface area contributed by atoms with E-state index >= 15 is 0 Å². The molecular formula is C20H25F4N5. The number of alkyl halides is 3. The molecule has 1 aromatic carbocycles. The second kappa shape index (κ2) is 8.94. The normalized spacial score (nSPS) is 17.0. The van der Waals surface area contributed by atoms with E-state index in [1.807, 2.05) is 13.1 Å². The summed E-state index contributed by atoms with van der Waals surface area (Å²) < 4.78 is 52.5. The Hall–Kier alpha value is -2.42. The number of anilines is 3. The van der Waals surface area contributed by atoms with Crippen molar-refractivity contribution in [3.8, 4) is 0 Å². The summed E-state index contributed by atoms with van der Waals surface area (Å²) in [4.78, 5) is 11.1. The monoisotopic (exact) mass is 411 g/mol. The van der Waals surface area contributed by atoms with Crippen molar-refractivity contribution in [3.63, 3.8) is 0 Å². The molecule has 9 heteroatoms. The smallest absolute Gasteiger partial charge is 0.355 e. The number of halogens is 4. The molecule has 1 aliphatic heterocycles. The molecule has 0 amide bonds. The Morgan fingerprint density at radius 3 is 2.66 bits per heavy atom. The first kappa shape index (κ1) is 21.3. The van der Waals surface area contributed by atoms with Gasteiger partial charge in [-0.15, -0.1) is 0 Å². The van der Waals surface area contributed by atoms with Gasteiger partial charge in [0.2, 0.25) is 5.95 Å². The Balaban J connectivity index is 1.89. The maximum atomic E-state index is 13.6. The summed E-state index contributed by atoms with van der Waals surface area (Å²) in [5, 5.41) is 6.07. The topological polar surface area (TPSA) is 53.1 Å². The van der Waals surface area contributed by atoms with Crippen LogP contribution in [-0.2, 0) is 12.6 Å². The molecule has 3 rings (SSSR count). The summed E-state index contributed by atoms with van der Waals surface area (Å²) >= 11 is 0. The summed E-state index contributed by atoms with van der Waals surface area (Å²) in [6.07, 6.45) is -1.08. The molecule has 2 N–H and O–H groups in total. The number of rotatable bonds is 7. The molecule has 0 saturated carbocycles. The van der Waals surface area contributed by atoms with Crippen LogP contribution >= 0.6 is 0 Å². The average molecular weight is 411 g/mol. The summed E-state index contributed by atoms with van der Waals surface area (Å²) in [5.74, 6) is -0.359. The molecule has 1 atom stereocenters. The molecule has 1 unspecified atom stereocenters. The molecule has 0 aliphatic carbocycles. The Kier molecular flexibility index (Phi) is 6.56. The van der Waals surface area contributed by atoms with Crippen LogP contribution in [0, 0.1) is 5.82 Å². The van der Waals surface area contributed by atoms with Crippen LogP contribution in [0.5, 0.6) is 0 Å². The maximum absolute atomic E-state index is 13.6. The summed E-state index contributed by atoms with van der Waals surface area (Å²) in [7, 11) is 1.92. The lowest BCUT2D eigenvalue weighted by Gasteiger charge is -2.19. The minimum atomic E-state index is -4.77. The van der Waals surface area contributed by atoms with Gasteiger partial charge in [-0.05, 0) is 44.5 Å². The Bertz CT molecular complexity index is 840. The maximum Gasteiger partial charge on any atom is 0.419 e. The highest BCUT2D eigenvalue weighted by Gasteiger charge is 2.34. The first-order valence-corrected chi connectivity index (χ1v) is 9.74. The third-order valence-electron chi connectivity index (χ3n) is 5.00. The van der Waals surface area contributed by atoms with Gasteiger partial charge in [-0.1, -0.05) is 13.3 Å². The van der Waals surface area contributed by atoms with E-state index in [9.17, 15) is 17.6 Å². The molecule has 1 saturated heterocycles. The van der Waals surface area contributed by atoms with Crippen LogP contribution < -0.4 is 15.5 Å². The van der Waals surface area contributed by atoms with E-state index in [0.29, 0.717) is 6.04 Å². The molecule has 5 nitrogen and oxygen atoms in total. The van der Waals surface area contributed by atoms with Crippen LogP contribution in [0.15, 0.2) is 24.3 Å². The summed E-state index contributed by atoms with van der Waals surface area (Å²) in [6.45, 7) is 3.72. The van der Waals surface area contributed by atoms with Crippen molar-refractivity contribution in [3.05, 3.63) is 41.3 Å². The third-order valence-corrected chi connectivity index (χ3v) is 5.00. The van der Waals surface area contributed by atoms with Gasteiger partial charge in [-0.3, -0.25) is 0 Å². The molecule has 2 aromatic rings.